The van der Waals surface area contributed by atoms with Crippen LogP contribution in [0.15, 0.2) is 25.2 Å². The van der Waals surface area contributed by atoms with Gasteiger partial charge in [0.1, 0.15) is 30.1 Å². The molecule has 0 amide bonds. The highest BCUT2D eigenvalue weighted by Crippen LogP contribution is 2.66. The van der Waals surface area contributed by atoms with Crippen molar-refractivity contribution in [3.05, 3.63) is 30.7 Å². The molecule has 2 aromatic heterocycles. The second kappa shape index (κ2) is 11.8. The zero-order valence-electron chi connectivity index (χ0n) is 18.9. The molecule has 0 radical (unpaired) electrons. The van der Waals surface area contributed by atoms with Crippen LogP contribution in [-0.2, 0) is 36.3 Å². The maximum absolute atomic E-state index is 12.1. The molecule has 0 saturated carbocycles. The Morgan fingerprint density at radius 3 is 2.59 bits per heavy atom. The zero-order valence-corrected chi connectivity index (χ0v) is 21.6. The molecule has 0 aromatic carbocycles. The van der Waals surface area contributed by atoms with Crippen LogP contribution in [0.5, 0.6) is 0 Å². The molecule has 1 aliphatic heterocycles. The number of rotatable bonds is 11. The third-order valence-corrected chi connectivity index (χ3v) is 8.50. The predicted octanol–water partition coefficient (Wildman–Crippen LogP) is 0.526. The van der Waals surface area contributed by atoms with Crippen molar-refractivity contribution in [2.75, 3.05) is 25.5 Å². The molecule has 1 fully saturated rings. The van der Waals surface area contributed by atoms with E-state index in [-0.39, 0.29) is 25.4 Å². The van der Waals surface area contributed by atoms with Crippen molar-refractivity contribution in [1.82, 2.24) is 14.5 Å². The molecule has 1 aliphatic rings. The molecule has 8 N–H and O–H groups in total. The SMILES string of the molecule is C=CCOC1C[C@H](n2cc(C#CCN)c3c(N)ncnc32)O[C@@H]1COP(=O)(O)OP(=O)(O)OP(=O)(O)O. The van der Waals surface area contributed by atoms with Crippen LogP contribution in [0.3, 0.4) is 0 Å². The van der Waals surface area contributed by atoms with Crippen molar-refractivity contribution < 1.29 is 55.9 Å². The van der Waals surface area contributed by atoms with Crippen molar-refractivity contribution in [2.45, 2.75) is 24.9 Å². The van der Waals surface area contributed by atoms with Gasteiger partial charge in [-0.1, -0.05) is 17.9 Å². The summed E-state index contributed by atoms with van der Waals surface area (Å²) < 4.78 is 59.9. The fourth-order valence-corrected chi connectivity index (χ4v) is 6.46. The Kier molecular flexibility index (Phi) is 9.44. The number of phosphoric ester groups is 1. The highest BCUT2D eigenvalue weighted by atomic mass is 31.3. The van der Waals surface area contributed by atoms with Crippen LogP contribution in [-0.4, -0.2) is 66.1 Å². The van der Waals surface area contributed by atoms with Crippen molar-refractivity contribution in [1.29, 1.82) is 0 Å². The van der Waals surface area contributed by atoms with Gasteiger partial charge in [-0.2, -0.15) is 8.62 Å². The third kappa shape index (κ3) is 8.00. The average molecular weight is 583 g/mol. The molecule has 37 heavy (non-hydrogen) atoms. The van der Waals surface area contributed by atoms with E-state index >= 15 is 0 Å². The molecule has 204 valence electrons. The summed E-state index contributed by atoms with van der Waals surface area (Å²) in [6, 6.07) is 0. The van der Waals surface area contributed by atoms with E-state index in [1.165, 1.54) is 12.4 Å². The summed E-state index contributed by atoms with van der Waals surface area (Å²) in [7, 11) is -16.6. The van der Waals surface area contributed by atoms with E-state index in [4.69, 9.17) is 35.3 Å². The first-order valence-electron chi connectivity index (χ1n) is 10.2. The first-order chi connectivity index (χ1) is 17.3. The molecule has 3 rings (SSSR count). The van der Waals surface area contributed by atoms with E-state index in [1.807, 2.05) is 0 Å². The second-order valence-corrected chi connectivity index (χ2v) is 11.7. The molecule has 20 heteroatoms. The number of fused-ring (bicyclic) bond motifs is 1. The molecule has 0 bridgehead atoms. The second-order valence-electron chi connectivity index (χ2n) is 7.33. The minimum Gasteiger partial charge on any atom is -0.383 e. The number of hydrogen-bond acceptors (Lipinski definition) is 12. The van der Waals surface area contributed by atoms with Gasteiger partial charge in [0, 0.05) is 12.6 Å². The van der Waals surface area contributed by atoms with Crippen molar-refractivity contribution >= 4 is 40.3 Å². The molecule has 0 spiro atoms. The van der Waals surface area contributed by atoms with Gasteiger partial charge in [-0.05, 0) is 0 Å². The fourth-order valence-electron chi connectivity index (χ4n) is 3.43. The Morgan fingerprint density at radius 2 is 1.95 bits per heavy atom. The van der Waals surface area contributed by atoms with Crippen LogP contribution < -0.4 is 11.5 Å². The fraction of sp³-hybridized carbons (Fsp3) is 0.412. The molecule has 5 atom stereocenters. The summed E-state index contributed by atoms with van der Waals surface area (Å²) in [5.41, 5.74) is 12.4. The first kappa shape index (κ1) is 29.6. The van der Waals surface area contributed by atoms with Crippen molar-refractivity contribution in [3.63, 3.8) is 0 Å². The molecule has 1 saturated heterocycles. The summed E-state index contributed by atoms with van der Waals surface area (Å²) in [4.78, 5) is 44.6. The number of anilines is 1. The summed E-state index contributed by atoms with van der Waals surface area (Å²) in [5, 5.41) is 0.465. The van der Waals surface area contributed by atoms with Crippen molar-refractivity contribution in [2.24, 2.45) is 5.73 Å². The Hall–Kier alpha value is -1.99. The van der Waals surface area contributed by atoms with Gasteiger partial charge in [0.05, 0.1) is 36.8 Å². The maximum Gasteiger partial charge on any atom is 0.490 e. The van der Waals surface area contributed by atoms with Crippen LogP contribution in [0.1, 0.15) is 18.2 Å². The Morgan fingerprint density at radius 1 is 1.22 bits per heavy atom. The number of ether oxygens (including phenoxy) is 2. The van der Waals surface area contributed by atoms with Gasteiger partial charge in [-0.25, -0.2) is 23.7 Å². The number of nitrogen functional groups attached to an aromatic ring is 1. The van der Waals surface area contributed by atoms with Crippen LogP contribution >= 0.6 is 23.5 Å². The maximum atomic E-state index is 12.1. The van der Waals surface area contributed by atoms with Gasteiger partial charge >= 0.3 is 23.5 Å². The van der Waals surface area contributed by atoms with Crippen LogP contribution in [0, 0.1) is 11.8 Å². The number of aromatic nitrogens is 3. The molecule has 0 aliphatic carbocycles. The van der Waals surface area contributed by atoms with Gasteiger partial charge in [0.2, 0.25) is 0 Å². The number of phosphoric acid groups is 3. The number of nitrogens with zero attached hydrogens (tertiary/aromatic N) is 3. The van der Waals surface area contributed by atoms with Crippen molar-refractivity contribution in [3.8, 4) is 11.8 Å². The average Bonchev–Trinajstić information content (AvgIpc) is 3.34. The molecular weight excluding hydrogens is 559 g/mol. The van der Waals surface area contributed by atoms with Gasteiger partial charge < -0.3 is 45.1 Å². The molecule has 17 nitrogen and oxygen atoms in total. The van der Waals surface area contributed by atoms with E-state index in [0.717, 1.165) is 0 Å². The summed E-state index contributed by atoms with van der Waals surface area (Å²) >= 11 is 0. The van der Waals surface area contributed by atoms with E-state index in [1.54, 1.807) is 10.8 Å². The van der Waals surface area contributed by atoms with Gasteiger partial charge in [0.15, 0.2) is 0 Å². The van der Waals surface area contributed by atoms with Crippen LogP contribution in [0.25, 0.3) is 11.0 Å². The monoisotopic (exact) mass is 583 g/mol. The molecule has 2 aromatic rings. The summed E-state index contributed by atoms with van der Waals surface area (Å²) in [6.07, 6.45) is 2.02. The quantitative estimate of drug-likeness (QED) is 0.120. The smallest absolute Gasteiger partial charge is 0.383 e. The summed E-state index contributed by atoms with van der Waals surface area (Å²) in [5.74, 6) is 5.78. The Bertz CT molecular complexity index is 1350. The first-order valence-corrected chi connectivity index (χ1v) is 14.7. The number of hydrogen-bond donors (Lipinski definition) is 6. The van der Waals surface area contributed by atoms with Gasteiger partial charge in [-0.3, -0.25) is 4.52 Å². The predicted molar refractivity (Wildman–Crippen MR) is 126 cm³/mol. The molecular formula is C17H24N5O12P3. The lowest BCUT2D eigenvalue weighted by atomic mass is 10.2. The van der Waals surface area contributed by atoms with Crippen LogP contribution in [0.2, 0.25) is 0 Å². The van der Waals surface area contributed by atoms with Crippen LogP contribution in [0.4, 0.5) is 5.82 Å². The lowest BCUT2D eigenvalue weighted by Crippen LogP contribution is -2.29. The highest BCUT2D eigenvalue weighted by Gasteiger charge is 2.43. The van der Waals surface area contributed by atoms with Gasteiger partial charge in [0.25, 0.3) is 0 Å². The molecule has 3 heterocycles. The van der Waals surface area contributed by atoms with E-state index < -0.39 is 48.5 Å². The van der Waals surface area contributed by atoms with E-state index in [9.17, 15) is 23.5 Å². The molecule has 3 unspecified atom stereocenters. The normalized spacial score (nSPS) is 23.2. The standard InChI is InChI=1S/C17H24N5O12P3/c1-2-6-30-12-7-14(22-8-11(4-3-5-18)15-16(19)20-10-21-17(15)22)32-13(12)9-31-36(26,27)34-37(28,29)33-35(23,24)25/h2,8,10,12-14H,1,5-7,9,18H2,(H,26,27)(H,28,29)(H2,19,20,21)(H2,23,24,25)/t12?,13-,14-/m1/s1. The van der Waals surface area contributed by atoms with E-state index in [2.05, 4.69) is 37.0 Å². The highest BCUT2D eigenvalue weighted by molar-refractivity contribution is 7.66. The lowest BCUT2D eigenvalue weighted by molar-refractivity contribution is -0.0549. The Labute approximate surface area is 209 Å². The Balaban J connectivity index is 1.82. The minimum atomic E-state index is -5.67. The lowest BCUT2D eigenvalue weighted by Gasteiger charge is -2.21. The van der Waals surface area contributed by atoms with E-state index in [0.29, 0.717) is 16.6 Å². The van der Waals surface area contributed by atoms with Gasteiger partial charge in [-0.15, -0.1) is 6.58 Å². The largest absolute Gasteiger partial charge is 0.490 e. The minimum absolute atomic E-state index is 0.0846. The topological polar surface area (TPSA) is 261 Å². The zero-order chi connectivity index (χ0) is 27.4. The summed E-state index contributed by atoms with van der Waals surface area (Å²) in [6.45, 7) is 3.05. The third-order valence-electron chi connectivity index (χ3n) is 4.70. The number of nitrogens with two attached hydrogens (primary N) is 2.